The van der Waals surface area contributed by atoms with Crippen LogP contribution in [0.15, 0.2) is 42.6 Å². The van der Waals surface area contributed by atoms with Gasteiger partial charge in [-0.05, 0) is 109 Å². The molecular weight excluding hydrogens is 438 g/mol. The van der Waals surface area contributed by atoms with Crippen molar-refractivity contribution in [1.29, 1.82) is 0 Å². The molecule has 0 spiro atoms. The molecule has 0 aliphatic carbocycles. The van der Waals surface area contributed by atoms with Crippen LogP contribution < -0.4 is 5.32 Å². The molecule has 2 aromatic heterocycles. The summed E-state index contributed by atoms with van der Waals surface area (Å²) in [7, 11) is 4.24. The first-order chi connectivity index (χ1) is 16.2. The van der Waals surface area contributed by atoms with E-state index in [9.17, 15) is 0 Å². The molecule has 2 atom stereocenters. The number of nitrogens with one attached hydrogen (secondary N) is 1. The zero-order valence-corrected chi connectivity index (χ0v) is 22.3. The minimum atomic E-state index is 0.0159. The zero-order valence-electron chi connectivity index (χ0n) is 21.5. The van der Waals surface area contributed by atoms with Crippen molar-refractivity contribution >= 4 is 17.3 Å². The average molecular weight is 476 g/mol. The predicted molar refractivity (Wildman–Crippen MR) is 145 cm³/mol. The van der Waals surface area contributed by atoms with Gasteiger partial charge in [0, 0.05) is 24.1 Å². The molecule has 2 unspecified atom stereocenters. The van der Waals surface area contributed by atoms with E-state index in [0.717, 1.165) is 30.3 Å². The number of pyridine rings is 1. The number of aromatic nitrogens is 2. The van der Waals surface area contributed by atoms with Gasteiger partial charge in [0.2, 0.25) is 0 Å². The van der Waals surface area contributed by atoms with Gasteiger partial charge in [-0.25, -0.2) is 0 Å². The third kappa shape index (κ3) is 4.62. The third-order valence-corrected chi connectivity index (χ3v) is 7.20. The topological polar surface area (TPSA) is 36.3 Å². The zero-order chi connectivity index (χ0) is 24.6. The van der Waals surface area contributed by atoms with Crippen LogP contribution in [-0.4, -0.2) is 51.6 Å². The molecule has 0 saturated carbocycles. The smallest absolute Gasteiger partial charge is 0.170 e. The fourth-order valence-corrected chi connectivity index (χ4v) is 5.83. The lowest BCUT2D eigenvalue weighted by Gasteiger charge is -2.28. The molecule has 34 heavy (non-hydrogen) atoms. The van der Waals surface area contributed by atoms with Gasteiger partial charge in [-0.15, -0.1) is 0 Å². The number of hydrogen-bond acceptors (Lipinski definition) is 3. The Bertz CT molecular complexity index is 1160. The van der Waals surface area contributed by atoms with E-state index in [-0.39, 0.29) is 12.1 Å². The second-order valence-electron chi connectivity index (χ2n) is 9.89. The van der Waals surface area contributed by atoms with Crippen LogP contribution in [0, 0.1) is 34.6 Å². The lowest BCUT2D eigenvalue weighted by molar-refractivity contribution is 0.292. The summed E-state index contributed by atoms with van der Waals surface area (Å²) in [5, 5.41) is 4.42. The highest BCUT2D eigenvalue weighted by atomic mass is 32.1. The van der Waals surface area contributed by atoms with Crippen molar-refractivity contribution in [2.75, 3.05) is 27.2 Å². The maximum atomic E-state index is 5.87. The summed E-state index contributed by atoms with van der Waals surface area (Å²) >= 11 is 5.87. The molecule has 180 valence electrons. The molecule has 5 nitrogen and oxygen atoms in total. The van der Waals surface area contributed by atoms with Gasteiger partial charge < -0.3 is 19.7 Å². The molecule has 0 amide bonds. The van der Waals surface area contributed by atoms with Gasteiger partial charge in [0.1, 0.15) is 0 Å². The Morgan fingerprint density at radius 2 is 1.74 bits per heavy atom. The Balaban J connectivity index is 1.81. The fraction of sp³-hybridized carbons (Fsp3) is 0.429. The van der Waals surface area contributed by atoms with Crippen LogP contribution in [0.1, 0.15) is 57.8 Å². The first-order valence-electron chi connectivity index (χ1n) is 12.1. The molecule has 3 heterocycles. The Labute approximate surface area is 209 Å². The predicted octanol–water partition coefficient (Wildman–Crippen LogP) is 5.34. The van der Waals surface area contributed by atoms with E-state index >= 15 is 0 Å². The largest absolute Gasteiger partial charge is 0.352 e. The van der Waals surface area contributed by atoms with E-state index in [4.69, 9.17) is 17.2 Å². The molecule has 4 rings (SSSR count). The van der Waals surface area contributed by atoms with Gasteiger partial charge in [-0.2, -0.15) is 0 Å². The van der Waals surface area contributed by atoms with Crippen LogP contribution in [-0.2, 0) is 0 Å². The second kappa shape index (κ2) is 9.88. The molecule has 1 saturated heterocycles. The van der Waals surface area contributed by atoms with E-state index in [1.54, 1.807) is 0 Å². The minimum Gasteiger partial charge on any atom is -0.352 e. The molecular formula is C28H37N5S. The van der Waals surface area contributed by atoms with Crippen molar-refractivity contribution in [2.24, 2.45) is 0 Å². The first-order valence-corrected chi connectivity index (χ1v) is 12.5. The number of benzene rings is 1. The van der Waals surface area contributed by atoms with Crippen LogP contribution in [0.3, 0.4) is 0 Å². The van der Waals surface area contributed by atoms with Gasteiger partial charge in [0.05, 0.1) is 23.5 Å². The van der Waals surface area contributed by atoms with Gasteiger partial charge in [0.15, 0.2) is 5.11 Å². The summed E-state index contributed by atoms with van der Waals surface area (Å²) in [4.78, 5) is 9.31. The lowest BCUT2D eigenvalue weighted by atomic mass is 9.96. The molecule has 1 aliphatic rings. The van der Waals surface area contributed by atoms with Crippen LogP contribution in [0.4, 0.5) is 0 Å². The maximum Gasteiger partial charge on any atom is 0.170 e. The standard InChI is InChI=1S/C28H37N5S/c1-18-15-19(2)26(20(3)16-18)33-21(4)17-23(22(33)5)27-25(24-11-8-9-12-29-24)30-28(34)32(27)14-10-13-31(6)7/h8-9,11-12,15-17,25,27H,10,13-14H2,1-7H3,(H,30,34). The molecule has 0 bridgehead atoms. The van der Waals surface area contributed by atoms with Crippen LogP contribution in [0.2, 0.25) is 0 Å². The molecule has 3 aromatic rings. The third-order valence-electron chi connectivity index (χ3n) is 6.85. The average Bonchev–Trinajstić information content (AvgIpc) is 3.24. The normalized spacial score (nSPS) is 18.1. The molecule has 1 N–H and O–H groups in total. The molecule has 1 aliphatic heterocycles. The molecule has 1 fully saturated rings. The number of nitrogens with zero attached hydrogens (tertiary/aromatic N) is 4. The lowest BCUT2D eigenvalue weighted by Crippen LogP contribution is -2.32. The molecule has 0 radical (unpaired) electrons. The first kappa shape index (κ1) is 24.4. The Hall–Kier alpha value is -2.70. The maximum absolute atomic E-state index is 5.87. The second-order valence-corrected chi connectivity index (χ2v) is 10.3. The summed E-state index contributed by atoms with van der Waals surface area (Å²) in [6.07, 6.45) is 2.92. The monoisotopic (exact) mass is 475 g/mol. The van der Waals surface area contributed by atoms with Gasteiger partial charge in [-0.3, -0.25) is 4.98 Å². The van der Waals surface area contributed by atoms with E-state index in [0.29, 0.717) is 0 Å². The highest BCUT2D eigenvalue weighted by molar-refractivity contribution is 7.80. The Morgan fingerprint density at radius 3 is 2.35 bits per heavy atom. The highest BCUT2D eigenvalue weighted by Gasteiger charge is 2.41. The summed E-state index contributed by atoms with van der Waals surface area (Å²) < 4.78 is 2.42. The fourth-order valence-electron chi connectivity index (χ4n) is 5.50. The minimum absolute atomic E-state index is 0.0159. The summed E-state index contributed by atoms with van der Waals surface area (Å²) in [5.41, 5.74) is 10.0. The molecule has 6 heteroatoms. The van der Waals surface area contributed by atoms with E-state index in [2.05, 4.69) is 98.7 Å². The van der Waals surface area contributed by atoms with Crippen LogP contribution in [0.25, 0.3) is 5.69 Å². The summed E-state index contributed by atoms with van der Waals surface area (Å²) in [6, 6.07) is 13.1. The van der Waals surface area contributed by atoms with Crippen LogP contribution in [0.5, 0.6) is 0 Å². The summed E-state index contributed by atoms with van der Waals surface area (Å²) in [5.74, 6) is 0. The quantitative estimate of drug-likeness (QED) is 0.467. The van der Waals surface area contributed by atoms with E-state index < -0.39 is 0 Å². The van der Waals surface area contributed by atoms with Crippen molar-refractivity contribution in [3.8, 4) is 5.69 Å². The van der Waals surface area contributed by atoms with Gasteiger partial charge in [0.25, 0.3) is 0 Å². The van der Waals surface area contributed by atoms with Crippen molar-refractivity contribution in [2.45, 2.75) is 53.1 Å². The number of thiocarbonyl (C=S) groups is 1. The van der Waals surface area contributed by atoms with Gasteiger partial charge >= 0.3 is 0 Å². The number of aryl methyl sites for hydroxylation is 4. The van der Waals surface area contributed by atoms with Gasteiger partial charge in [-0.1, -0.05) is 23.8 Å². The summed E-state index contributed by atoms with van der Waals surface area (Å²) in [6.45, 7) is 13.0. The van der Waals surface area contributed by atoms with E-state index in [1.165, 1.54) is 39.3 Å². The highest BCUT2D eigenvalue weighted by Crippen LogP contribution is 2.42. The van der Waals surface area contributed by atoms with Crippen molar-refractivity contribution in [3.63, 3.8) is 0 Å². The van der Waals surface area contributed by atoms with Crippen molar-refractivity contribution in [3.05, 3.63) is 81.9 Å². The SMILES string of the molecule is Cc1cc(C)c(-n2c(C)cc(C3C(c4ccccn4)NC(=S)N3CCCN(C)C)c2C)c(C)c1. The Morgan fingerprint density at radius 1 is 1.03 bits per heavy atom. The van der Waals surface area contributed by atoms with Crippen molar-refractivity contribution < 1.29 is 0 Å². The number of hydrogen-bond donors (Lipinski definition) is 1. The van der Waals surface area contributed by atoms with Crippen molar-refractivity contribution in [1.82, 2.24) is 24.7 Å². The Kier molecular flexibility index (Phi) is 7.10. The number of rotatable bonds is 7. The van der Waals surface area contributed by atoms with E-state index in [1.807, 2.05) is 12.3 Å². The van der Waals surface area contributed by atoms with Crippen LogP contribution >= 0.6 is 12.2 Å². The molecule has 1 aromatic carbocycles.